The molecule has 2 aromatic carbocycles. The number of amides is 1. The Bertz CT molecular complexity index is 1070. The zero-order valence-corrected chi connectivity index (χ0v) is 16.8. The lowest BCUT2D eigenvalue weighted by molar-refractivity contribution is -0.115. The molecule has 146 valence electrons. The molecule has 5 nitrogen and oxygen atoms in total. The van der Waals surface area contributed by atoms with Crippen molar-refractivity contribution in [3.63, 3.8) is 0 Å². The van der Waals surface area contributed by atoms with Crippen molar-refractivity contribution in [2.45, 2.75) is 43.6 Å². The van der Waals surface area contributed by atoms with Gasteiger partial charge in [0.1, 0.15) is 5.82 Å². The van der Waals surface area contributed by atoms with E-state index in [1.54, 1.807) is 29.7 Å². The van der Waals surface area contributed by atoms with Crippen LogP contribution < -0.4 is 10.9 Å². The van der Waals surface area contributed by atoms with Gasteiger partial charge in [0.25, 0.3) is 5.56 Å². The molecule has 0 fully saturated rings. The van der Waals surface area contributed by atoms with Crippen molar-refractivity contribution in [1.82, 2.24) is 9.55 Å². The first-order chi connectivity index (χ1) is 13.4. The van der Waals surface area contributed by atoms with Gasteiger partial charge in [-0.15, -0.1) is 0 Å². The molecule has 1 N–H and O–H groups in total. The lowest BCUT2D eigenvalue weighted by atomic mass is 10.2. The first-order valence-corrected chi connectivity index (χ1v) is 10.0. The van der Waals surface area contributed by atoms with E-state index in [1.807, 2.05) is 26.0 Å². The van der Waals surface area contributed by atoms with Gasteiger partial charge in [0.15, 0.2) is 5.16 Å². The Balaban J connectivity index is 1.91. The number of hydrogen-bond acceptors (Lipinski definition) is 4. The molecule has 0 saturated heterocycles. The third-order valence-corrected chi connectivity index (χ3v) is 5.62. The minimum Gasteiger partial charge on any atom is -0.325 e. The number of para-hydroxylation sites is 1. The maximum atomic E-state index is 13.3. The van der Waals surface area contributed by atoms with Crippen molar-refractivity contribution in [3.05, 3.63) is 64.7 Å². The molecule has 0 aliphatic rings. The molecule has 0 radical (unpaired) electrons. The predicted octanol–water partition coefficient (Wildman–Crippen LogP) is 4.63. The summed E-state index contributed by atoms with van der Waals surface area (Å²) in [6, 6.07) is 12.9. The second kappa shape index (κ2) is 8.56. The predicted molar refractivity (Wildman–Crippen MR) is 111 cm³/mol. The van der Waals surface area contributed by atoms with Crippen molar-refractivity contribution in [2.24, 2.45) is 0 Å². The minimum atomic E-state index is -0.522. The number of nitrogens with one attached hydrogen (secondary N) is 1. The summed E-state index contributed by atoms with van der Waals surface area (Å²) in [5.74, 6) is -0.700. The number of hydrogen-bond donors (Lipinski definition) is 1. The molecule has 1 aromatic heterocycles. The quantitative estimate of drug-likeness (QED) is 0.485. The van der Waals surface area contributed by atoms with E-state index in [1.165, 1.54) is 30.0 Å². The zero-order chi connectivity index (χ0) is 20.3. The highest BCUT2D eigenvalue weighted by Gasteiger charge is 2.21. The van der Waals surface area contributed by atoms with E-state index >= 15 is 0 Å². The molecule has 0 spiro atoms. The molecule has 28 heavy (non-hydrogen) atoms. The Labute approximate surface area is 167 Å². The third-order valence-electron chi connectivity index (χ3n) is 4.55. The number of nitrogens with zero attached hydrogens (tertiary/aromatic N) is 2. The number of rotatable bonds is 6. The molecule has 0 saturated carbocycles. The highest BCUT2D eigenvalue weighted by Crippen LogP contribution is 2.26. The van der Waals surface area contributed by atoms with E-state index in [0.717, 1.165) is 6.42 Å². The van der Waals surface area contributed by atoms with Crippen molar-refractivity contribution in [1.29, 1.82) is 0 Å². The molecule has 2 atom stereocenters. The maximum Gasteiger partial charge on any atom is 0.262 e. The molecule has 1 amide bonds. The van der Waals surface area contributed by atoms with Crippen molar-refractivity contribution in [2.75, 3.05) is 5.32 Å². The molecule has 3 aromatic rings. The van der Waals surface area contributed by atoms with Crippen LogP contribution in [-0.4, -0.2) is 20.7 Å². The lowest BCUT2D eigenvalue weighted by Crippen LogP contribution is -2.28. The summed E-state index contributed by atoms with van der Waals surface area (Å²) in [4.78, 5) is 30.2. The first-order valence-electron chi connectivity index (χ1n) is 9.15. The molecule has 3 rings (SSSR count). The highest BCUT2D eigenvalue weighted by atomic mass is 32.2. The van der Waals surface area contributed by atoms with Gasteiger partial charge >= 0.3 is 0 Å². The summed E-state index contributed by atoms with van der Waals surface area (Å²) in [5.41, 5.74) is 0.885. The number of carbonyl (C=O) groups excluding carboxylic acids is 1. The number of benzene rings is 2. The molecule has 1 heterocycles. The largest absolute Gasteiger partial charge is 0.325 e. The molecule has 0 aliphatic heterocycles. The van der Waals surface area contributed by atoms with Gasteiger partial charge in [0, 0.05) is 11.7 Å². The van der Waals surface area contributed by atoms with E-state index in [-0.39, 0.29) is 17.5 Å². The van der Waals surface area contributed by atoms with Crippen LogP contribution in [0.15, 0.2) is 58.5 Å². The number of thioether (sulfide) groups is 1. The maximum absolute atomic E-state index is 13.3. The van der Waals surface area contributed by atoms with Crippen LogP contribution in [0.3, 0.4) is 0 Å². The zero-order valence-electron chi connectivity index (χ0n) is 16.0. The first kappa shape index (κ1) is 20.1. The van der Waals surface area contributed by atoms with Gasteiger partial charge in [0.05, 0.1) is 16.2 Å². The van der Waals surface area contributed by atoms with Gasteiger partial charge < -0.3 is 5.32 Å². The van der Waals surface area contributed by atoms with E-state index in [9.17, 15) is 14.0 Å². The second-order valence-electron chi connectivity index (χ2n) is 6.60. The summed E-state index contributed by atoms with van der Waals surface area (Å²) in [7, 11) is 0. The topological polar surface area (TPSA) is 64.0 Å². The van der Waals surface area contributed by atoms with Crippen LogP contribution in [-0.2, 0) is 4.79 Å². The van der Waals surface area contributed by atoms with Gasteiger partial charge in [0.2, 0.25) is 5.91 Å². The molecule has 0 unspecified atom stereocenters. The Morgan fingerprint density at radius 3 is 2.68 bits per heavy atom. The molecular formula is C21H22FN3O2S. The fraction of sp³-hybridized carbons (Fsp3) is 0.286. The van der Waals surface area contributed by atoms with Crippen LogP contribution in [0.2, 0.25) is 0 Å². The van der Waals surface area contributed by atoms with Crippen LogP contribution in [0.5, 0.6) is 0 Å². The standard InChI is InChI=1S/C21H22FN3O2S/c1-4-13(2)25-20(27)17-10-5-6-11-18(17)24-21(25)28-14(3)19(26)23-16-9-7-8-15(22)12-16/h5-14H,4H2,1-3H3,(H,23,26)/t13-,14+/m0/s1. The van der Waals surface area contributed by atoms with Gasteiger partial charge in [-0.2, -0.15) is 0 Å². The Morgan fingerprint density at radius 1 is 1.21 bits per heavy atom. The summed E-state index contributed by atoms with van der Waals surface area (Å²) in [6.07, 6.45) is 0.761. The average molecular weight is 399 g/mol. The summed E-state index contributed by atoms with van der Waals surface area (Å²) < 4.78 is 15.0. The normalized spacial score (nSPS) is 13.3. The van der Waals surface area contributed by atoms with Gasteiger partial charge in [-0.3, -0.25) is 14.2 Å². The highest BCUT2D eigenvalue weighted by molar-refractivity contribution is 8.00. The van der Waals surface area contributed by atoms with E-state index in [4.69, 9.17) is 0 Å². The van der Waals surface area contributed by atoms with Gasteiger partial charge in [-0.05, 0) is 50.6 Å². The van der Waals surface area contributed by atoms with E-state index < -0.39 is 11.1 Å². The van der Waals surface area contributed by atoms with Crippen molar-refractivity contribution in [3.8, 4) is 0 Å². The smallest absolute Gasteiger partial charge is 0.262 e. The SMILES string of the molecule is CC[C@H](C)n1c(S[C@H](C)C(=O)Nc2cccc(F)c2)nc2ccccc2c1=O. The van der Waals surface area contributed by atoms with Crippen LogP contribution >= 0.6 is 11.8 Å². The Hall–Kier alpha value is -2.67. The second-order valence-corrected chi connectivity index (χ2v) is 7.91. The summed E-state index contributed by atoms with van der Waals surface area (Å²) >= 11 is 1.22. The number of anilines is 1. The Morgan fingerprint density at radius 2 is 1.96 bits per heavy atom. The van der Waals surface area contributed by atoms with E-state index in [0.29, 0.717) is 21.7 Å². The van der Waals surface area contributed by atoms with Crippen LogP contribution in [0.4, 0.5) is 10.1 Å². The molecular weight excluding hydrogens is 377 g/mol. The molecule has 0 aliphatic carbocycles. The average Bonchev–Trinajstić information content (AvgIpc) is 2.67. The van der Waals surface area contributed by atoms with Crippen LogP contribution in [0.25, 0.3) is 10.9 Å². The third kappa shape index (κ3) is 4.25. The molecule has 0 bridgehead atoms. The molecule has 7 heteroatoms. The lowest BCUT2D eigenvalue weighted by Gasteiger charge is -2.20. The summed E-state index contributed by atoms with van der Waals surface area (Å²) in [6.45, 7) is 5.70. The summed E-state index contributed by atoms with van der Waals surface area (Å²) in [5, 5.41) is 3.24. The number of fused-ring (bicyclic) bond motifs is 1. The number of halogens is 1. The van der Waals surface area contributed by atoms with Crippen molar-refractivity contribution < 1.29 is 9.18 Å². The fourth-order valence-corrected chi connectivity index (χ4v) is 3.81. The van der Waals surface area contributed by atoms with Gasteiger partial charge in [-0.25, -0.2) is 9.37 Å². The number of aromatic nitrogens is 2. The monoisotopic (exact) mass is 399 g/mol. The number of carbonyl (C=O) groups is 1. The van der Waals surface area contributed by atoms with Crippen LogP contribution in [0.1, 0.15) is 33.2 Å². The van der Waals surface area contributed by atoms with Gasteiger partial charge in [-0.1, -0.05) is 36.9 Å². The minimum absolute atomic E-state index is 0.0504. The van der Waals surface area contributed by atoms with Crippen molar-refractivity contribution >= 4 is 34.3 Å². The Kier molecular flexibility index (Phi) is 6.14. The van der Waals surface area contributed by atoms with Crippen LogP contribution in [0, 0.1) is 5.82 Å². The fourth-order valence-electron chi connectivity index (χ4n) is 2.80. The van der Waals surface area contributed by atoms with E-state index in [2.05, 4.69) is 10.3 Å².